The van der Waals surface area contributed by atoms with Crippen molar-refractivity contribution in [1.82, 2.24) is 0 Å². The van der Waals surface area contributed by atoms with E-state index in [1.54, 1.807) is 6.07 Å². The van der Waals surface area contributed by atoms with Crippen molar-refractivity contribution >= 4 is 10.8 Å². The van der Waals surface area contributed by atoms with Crippen LogP contribution in [0.4, 0.5) is 4.39 Å². The normalized spacial score (nSPS) is 11.1. The van der Waals surface area contributed by atoms with E-state index in [1.165, 1.54) is 30.4 Å². The zero-order valence-corrected chi connectivity index (χ0v) is 20.8. The molecule has 0 aliphatic carbocycles. The van der Waals surface area contributed by atoms with Gasteiger partial charge in [-0.2, -0.15) is 0 Å². The van der Waals surface area contributed by atoms with Gasteiger partial charge in [0, 0.05) is 10.9 Å². The fourth-order valence-corrected chi connectivity index (χ4v) is 4.32. The molecule has 0 heterocycles. The van der Waals surface area contributed by atoms with Crippen LogP contribution in [0.15, 0.2) is 91.0 Å². The average molecular weight is 461 g/mol. The first-order valence-corrected chi connectivity index (χ1v) is 12.7. The van der Waals surface area contributed by atoms with Crippen molar-refractivity contribution in [3.8, 4) is 23.0 Å². The molecule has 4 aromatic carbocycles. The summed E-state index contributed by atoms with van der Waals surface area (Å²) in [5.74, 6) is 5.91. The summed E-state index contributed by atoms with van der Waals surface area (Å²) >= 11 is 0. The molecule has 0 N–H and O–H groups in total. The molecular formula is C34H33F. The summed E-state index contributed by atoms with van der Waals surface area (Å²) in [6.45, 7) is 4.27. The lowest BCUT2D eigenvalue weighted by molar-refractivity contribution is 0.636. The van der Waals surface area contributed by atoms with Gasteiger partial charge in [-0.3, -0.25) is 0 Å². The third kappa shape index (κ3) is 6.49. The first-order valence-electron chi connectivity index (χ1n) is 12.7. The first-order chi connectivity index (χ1) is 17.2. The summed E-state index contributed by atoms with van der Waals surface area (Å²) in [5.41, 5.74) is 6.24. The summed E-state index contributed by atoms with van der Waals surface area (Å²) in [6.07, 6.45) is 11.2. The van der Waals surface area contributed by atoms with Crippen LogP contribution in [0, 0.1) is 17.7 Å². The van der Waals surface area contributed by atoms with Gasteiger partial charge in [-0.15, -0.1) is 0 Å². The number of benzene rings is 4. The van der Waals surface area contributed by atoms with Crippen molar-refractivity contribution in [1.29, 1.82) is 0 Å². The fourth-order valence-electron chi connectivity index (χ4n) is 4.32. The Kier molecular flexibility index (Phi) is 8.53. The summed E-state index contributed by atoms with van der Waals surface area (Å²) in [7, 11) is 0. The lowest BCUT2D eigenvalue weighted by atomic mass is 9.98. The zero-order valence-electron chi connectivity index (χ0n) is 20.8. The molecule has 0 fully saturated rings. The largest absolute Gasteiger partial charge is 0.205 e. The molecule has 0 aliphatic heterocycles. The summed E-state index contributed by atoms with van der Waals surface area (Å²) in [5, 5.41) is 1.49. The number of fused-ring (bicyclic) bond motifs is 1. The highest BCUT2D eigenvalue weighted by Crippen LogP contribution is 2.28. The van der Waals surface area contributed by atoms with E-state index in [-0.39, 0.29) is 5.82 Å². The molecule has 0 radical (unpaired) electrons. The molecule has 4 aromatic rings. The highest BCUT2D eigenvalue weighted by Gasteiger charge is 2.08. The first kappa shape index (κ1) is 24.5. The van der Waals surface area contributed by atoms with Crippen LogP contribution >= 0.6 is 0 Å². The Morgan fingerprint density at radius 3 is 2.20 bits per heavy atom. The van der Waals surface area contributed by atoms with Crippen LogP contribution in [0.25, 0.3) is 21.9 Å². The quantitative estimate of drug-likeness (QED) is 0.140. The minimum absolute atomic E-state index is 0.253. The number of hydrogen-bond acceptors (Lipinski definition) is 0. The van der Waals surface area contributed by atoms with Gasteiger partial charge in [0.2, 0.25) is 0 Å². The number of rotatable bonds is 8. The van der Waals surface area contributed by atoms with Crippen molar-refractivity contribution in [2.45, 2.75) is 52.4 Å². The van der Waals surface area contributed by atoms with Crippen molar-refractivity contribution in [2.75, 3.05) is 0 Å². The molecule has 0 unspecified atom stereocenters. The molecule has 0 spiro atoms. The second-order valence-corrected chi connectivity index (χ2v) is 9.07. The number of unbranched alkanes of at least 4 members (excludes halogenated alkanes) is 2. The van der Waals surface area contributed by atoms with Crippen molar-refractivity contribution in [3.05, 3.63) is 119 Å². The van der Waals surface area contributed by atoms with Gasteiger partial charge in [-0.05, 0) is 84.5 Å². The molecule has 0 bridgehead atoms. The molecule has 4 rings (SSSR count). The molecule has 0 amide bonds. The van der Waals surface area contributed by atoms with E-state index < -0.39 is 0 Å². The van der Waals surface area contributed by atoms with Gasteiger partial charge < -0.3 is 0 Å². The summed E-state index contributed by atoms with van der Waals surface area (Å²) in [4.78, 5) is 0. The van der Waals surface area contributed by atoms with Crippen LogP contribution in [0.3, 0.4) is 0 Å². The zero-order chi connectivity index (χ0) is 24.5. The topological polar surface area (TPSA) is 0 Å². The molecule has 0 aromatic heterocycles. The second-order valence-electron chi connectivity index (χ2n) is 9.07. The van der Waals surface area contributed by atoms with Crippen molar-refractivity contribution in [3.63, 3.8) is 0 Å². The molecule has 0 saturated carbocycles. The van der Waals surface area contributed by atoms with E-state index in [4.69, 9.17) is 0 Å². The third-order valence-corrected chi connectivity index (χ3v) is 6.44. The highest BCUT2D eigenvalue weighted by atomic mass is 19.1. The van der Waals surface area contributed by atoms with Gasteiger partial charge in [-0.1, -0.05) is 98.4 Å². The van der Waals surface area contributed by atoms with E-state index in [1.807, 2.05) is 30.3 Å². The molecular weight excluding hydrogens is 427 g/mol. The number of halogens is 1. The minimum atomic E-state index is -0.253. The lowest BCUT2D eigenvalue weighted by Gasteiger charge is -2.07. The predicted molar refractivity (Wildman–Crippen MR) is 148 cm³/mol. The Morgan fingerprint density at radius 1 is 0.743 bits per heavy atom. The van der Waals surface area contributed by atoms with Gasteiger partial charge in [0.25, 0.3) is 0 Å². The van der Waals surface area contributed by atoms with E-state index in [0.717, 1.165) is 41.3 Å². The smallest absolute Gasteiger partial charge is 0.146 e. The predicted octanol–water partition coefficient (Wildman–Crippen LogP) is 9.29. The van der Waals surface area contributed by atoms with Gasteiger partial charge >= 0.3 is 0 Å². The average Bonchev–Trinajstić information content (AvgIpc) is 2.90. The van der Waals surface area contributed by atoms with Crippen LogP contribution in [-0.4, -0.2) is 0 Å². The Hall–Kier alpha value is -3.63. The van der Waals surface area contributed by atoms with Gasteiger partial charge in [0.1, 0.15) is 5.82 Å². The molecule has 35 heavy (non-hydrogen) atoms. The maximum atomic E-state index is 15.2. The maximum Gasteiger partial charge on any atom is 0.146 e. The maximum absolute atomic E-state index is 15.2. The van der Waals surface area contributed by atoms with Gasteiger partial charge in [0.05, 0.1) is 5.56 Å². The third-order valence-electron chi connectivity index (χ3n) is 6.44. The van der Waals surface area contributed by atoms with Crippen LogP contribution in [0.1, 0.15) is 61.8 Å². The standard InChI is InChI=1S/C34H33F/c1-3-5-7-9-26-11-13-28(14-12-26)17-20-30-21-22-32-25-31(23-24-33(32)34(30)35)29-18-15-27(16-19-29)10-8-6-4-2/h4,6,11-16,18-19,21-25H,3,5,7-10H2,1-2H3/b6-4+. The van der Waals surface area contributed by atoms with E-state index in [2.05, 4.69) is 80.3 Å². The number of allylic oxidation sites excluding steroid dienone is 2. The summed E-state index contributed by atoms with van der Waals surface area (Å²) in [6, 6.07) is 26.7. The Labute approximate surface area is 209 Å². The summed E-state index contributed by atoms with van der Waals surface area (Å²) < 4.78 is 15.2. The lowest BCUT2D eigenvalue weighted by Crippen LogP contribution is -1.89. The molecule has 176 valence electrons. The van der Waals surface area contributed by atoms with Gasteiger partial charge in [-0.25, -0.2) is 4.39 Å². The Balaban J connectivity index is 1.50. The fraction of sp³-hybridized carbons (Fsp3) is 0.235. The molecule has 0 atom stereocenters. The SMILES string of the molecule is C/C=C/CCc1ccc(-c2ccc3c(F)c(C#Cc4ccc(CCCCC)cc4)ccc3c2)cc1. The van der Waals surface area contributed by atoms with Crippen LogP contribution in [0.5, 0.6) is 0 Å². The molecule has 0 aliphatic rings. The number of aryl methyl sites for hydroxylation is 2. The Morgan fingerprint density at radius 2 is 1.46 bits per heavy atom. The number of hydrogen-bond donors (Lipinski definition) is 0. The highest BCUT2D eigenvalue weighted by molar-refractivity contribution is 5.89. The van der Waals surface area contributed by atoms with E-state index in [9.17, 15) is 0 Å². The Bertz CT molecular complexity index is 1350. The van der Waals surface area contributed by atoms with Crippen LogP contribution < -0.4 is 0 Å². The van der Waals surface area contributed by atoms with Gasteiger partial charge in [0.15, 0.2) is 0 Å². The van der Waals surface area contributed by atoms with Crippen LogP contribution in [0.2, 0.25) is 0 Å². The van der Waals surface area contributed by atoms with Crippen molar-refractivity contribution in [2.24, 2.45) is 0 Å². The molecule has 0 saturated heterocycles. The monoisotopic (exact) mass is 460 g/mol. The van der Waals surface area contributed by atoms with E-state index in [0.29, 0.717) is 10.9 Å². The minimum Gasteiger partial charge on any atom is -0.205 e. The van der Waals surface area contributed by atoms with Crippen LogP contribution in [-0.2, 0) is 12.8 Å². The van der Waals surface area contributed by atoms with Crippen molar-refractivity contribution < 1.29 is 4.39 Å². The molecule has 0 nitrogen and oxygen atoms in total. The van der Waals surface area contributed by atoms with E-state index >= 15 is 4.39 Å². The molecule has 1 heteroatoms. The second kappa shape index (κ2) is 12.2.